The molecular formula is C21H23ClN2O5S. The van der Waals surface area contributed by atoms with Gasteiger partial charge in [-0.25, -0.2) is 13.1 Å². The van der Waals surface area contributed by atoms with E-state index in [2.05, 4.69) is 4.72 Å². The molecule has 0 spiro atoms. The fourth-order valence-electron chi connectivity index (χ4n) is 3.62. The molecule has 0 unspecified atom stereocenters. The van der Waals surface area contributed by atoms with Gasteiger partial charge in [0.25, 0.3) is 5.91 Å². The third kappa shape index (κ3) is 4.55. The van der Waals surface area contributed by atoms with Crippen molar-refractivity contribution >= 4 is 27.5 Å². The number of amides is 1. The minimum atomic E-state index is -3.57. The molecule has 1 amide bonds. The molecule has 0 atom stereocenters. The number of benzene rings is 2. The van der Waals surface area contributed by atoms with Crippen LogP contribution >= 0.6 is 11.6 Å². The number of carbonyl (C=O) groups is 1. The van der Waals surface area contributed by atoms with Crippen molar-refractivity contribution < 1.29 is 22.7 Å². The molecule has 1 fully saturated rings. The SMILES string of the molecule is O=C(c1cc(Cl)c2c(c1)OCCCO2)N1CCC(NS(=O)(=O)c2ccccc2)CC1. The summed E-state index contributed by atoms with van der Waals surface area (Å²) >= 11 is 6.30. The molecule has 7 nitrogen and oxygen atoms in total. The molecule has 0 radical (unpaired) electrons. The van der Waals surface area contributed by atoms with E-state index in [0.29, 0.717) is 61.2 Å². The van der Waals surface area contributed by atoms with Crippen molar-refractivity contribution in [3.63, 3.8) is 0 Å². The van der Waals surface area contributed by atoms with Gasteiger partial charge in [0.05, 0.1) is 23.1 Å². The molecule has 1 saturated heterocycles. The van der Waals surface area contributed by atoms with Crippen LogP contribution in [0.15, 0.2) is 47.4 Å². The van der Waals surface area contributed by atoms with Crippen LogP contribution in [0, 0.1) is 0 Å². The summed E-state index contributed by atoms with van der Waals surface area (Å²) in [5.74, 6) is 0.797. The molecule has 0 bridgehead atoms. The van der Waals surface area contributed by atoms with Gasteiger partial charge in [-0.3, -0.25) is 4.79 Å². The van der Waals surface area contributed by atoms with E-state index < -0.39 is 10.0 Å². The highest BCUT2D eigenvalue weighted by molar-refractivity contribution is 7.89. The number of likely N-dealkylation sites (tertiary alicyclic amines) is 1. The highest BCUT2D eigenvalue weighted by Gasteiger charge is 2.28. The Kier molecular flexibility index (Phi) is 6.17. The summed E-state index contributed by atoms with van der Waals surface area (Å²) in [5, 5.41) is 0.350. The van der Waals surface area contributed by atoms with E-state index in [0.717, 1.165) is 6.42 Å². The smallest absolute Gasteiger partial charge is 0.254 e. The average molecular weight is 451 g/mol. The van der Waals surface area contributed by atoms with E-state index in [9.17, 15) is 13.2 Å². The zero-order chi connectivity index (χ0) is 21.1. The number of hydrogen-bond donors (Lipinski definition) is 1. The molecular weight excluding hydrogens is 428 g/mol. The maximum Gasteiger partial charge on any atom is 0.254 e. The van der Waals surface area contributed by atoms with Crippen molar-refractivity contribution in [3.05, 3.63) is 53.1 Å². The van der Waals surface area contributed by atoms with Crippen molar-refractivity contribution in [1.82, 2.24) is 9.62 Å². The minimum absolute atomic E-state index is 0.156. The number of nitrogens with zero attached hydrogens (tertiary/aromatic N) is 1. The zero-order valence-corrected chi connectivity index (χ0v) is 17.9. The second-order valence-electron chi connectivity index (χ2n) is 7.34. The van der Waals surface area contributed by atoms with Crippen molar-refractivity contribution in [2.75, 3.05) is 26.3 Å². The summed E-state index contributed by atoms with van der Waals surface area (Å²) in [6, 6.07) is 11.3. The Bertz CT molecular complexity index is 1020. The van der Waals surface area contributed by atoms with Crippen LogP contribution in [0.5, 0.6) is 11.5 Å². The second kappa shape index (κ2) is 8.83. The van der Waals surface area contributed by atoms with Gasteiger partial charge in [-0.15, -0.1) is 0 Å². The van der Waals surface area contributed by atoms with Gasteiger partial charge in [-0.2, -0.15) is 0 Å². The monoisotopic (exact) mass is 450 g/mol. The largest absolute Gasteiger partial charge is 0.489 e. The normalized spacial score (nSPS) is 17.4. The molecule has 160 valence electrons. The molecule has 2 aliphatic heterocycles. The molecule has 4 rings (SSSR count). The molecule has 2 heterocycles. The summed E-state index contributed by atoms with van der Waals surface area (Å²) < 4.78 is 39.0. The number of nitrogens with one attached hydrogen (secondary N) is 1. The summed E-state index contributed by atoms with van der Waals surface area (Å²) in [5.41, 5.74) is 0.438. The summed E-state index contributed by atoms with van der Waals surface area (Å²) in [7, 11) is -3.57. The van der Waals surface area contributed by atoms with Gasteiger partial charge in [0.1, 0.15) is 0 Å². The minimum Gasteiger partial charge on any atom is -0.489 e. The third-order valence-electron chi connectivity index (χ3n) is 5.21. The van der Waals surface area contributed by atoms with Crippen LogP contribution in [0.1, 0.15) is 29.6 Å². The molecule has 2 aromatic carbocycles. The molecule has 30 heavy (non-hydrogen) atoms. The second-order valence-corrected chi connectivity index (χ2v) is 9.46. The zero-order valence-electron chi connectivity index (χ0n) is 16.3. The van der Waals surface area contributed by atoms with Crippen LogP contribution in [0.25, 0.3) is 0 Å². The predicted molar refractivity (Wildman–Crippen MR) is 113 cm³/mol. The Morgan fingerprint density at radius 3 is 2.50 bits per heavy atom. The molecule has 9 heteroatoms. The van der Waals surface area contributed by atoms with Gasteiger partial charge in [-0.1, -0.05) is 29.8 Å². The third-order valence-corrected chi connectivity index (χ3v) is 7.02. The van der Waals surface area contributed by atoms with E-state index in [1.165, 1.54) is 0 Å². The van der Waals surface area contributed by atoms with Crippen molar-refractivity contribution in [2.45, 2.75) is 30.2 Å². The van der Waals surface area contributed by atoms with Crippen LogP contribution < -0.4 is 14.2 Å². The molecule has 0 aliphatic carbocycles. The highest BCUT2D eigenvalue weighted by atomic mass is 35.5. The Hall–Kier alpha value is -2.29. The lowest BCUT2D eigenvalue weighted by Crippen LogP contribution is -2.46. The first-order valence-corrected chi connectivity index (χ1v) is 11.8. The number of piperidine rings is 1. The quantitative estimate of drug-likeness (QED) is 0.773. The Balaban J connectivity index is 1.40. The number of carbonyl (C=O) groups excluding carboxylic acids is 1. The predicted octanol–water partition coefficient (Wildman–Crippen LogP) is 3.08. The standard InChI is InChI=1S/C21H23ClN2O5S/c22-18-13-15(14-19-20(18)29-12-4-11-28-19)21(25)24-9-7-16(8-10-24)23-30(26,27)17-5-2-1-3-6-17/h1-3,5-6,13-14,16,23H,4,7-12H2. The lowest BCUT2D eigenvalue weighted by molar-refractivity contribution is 0.0711. The van der Waals surface area contributed by atoms with Gasteiger partial charge in [0, 0.05) is 31.1 Å². The van der Waals surface area contributed by atoms with Crippen molar-refractivity contribution in [2.24, 2.45) is 0 Å². The lowest BCUT2D eigenvalue weighted by Gasteiger charge is -2.32. The Labute approximate surface area is 181 Å². The Morgan fingerprint density at radius 1 is 1.07 bits per heavy atom. The molecule has 2 aliphatic rings. The first kappa shape index (κ1) is 21.0. The summed E-state index contributed by atoms with van der Waals surface area (Å²) in [6.07, 6.45) is 1.83. The molecule has 0 saturated carbocycles. The van der Waals surface area contributed by atoms with Gasteiger partial charge in [0.15, 0.2) is 11.5 Å². The van der Waals surface area contributed by atoms with Gasteiger partial charge in [-0.05, 0) is 37.1 Å². The fraction of sp³-hybridized carbons (Fsp3) is 0.381. The van der Waals surface area contributed by atoms with Crippen LogP contribution in [0.3, 0.4) is 0 Å². The highest BCUT2D eigenvalue weighted by Crippen LogP contribution is 2.38. The summed E-state index contributed by atoms with van der Waals surface area (Å²) in [4.78, 5) is 14.9. The number of fused-ring (bicyclic) bond motifs is 1. The first-order valence-electron chi connectivity index (χ1n) is 9.90. The number of halogens is 1. The molecule has 1 N–H and O–H groups in total. The van der Waals surface area contributed by atoms with Crippen molar-refractivity contribution in [3.8, 4) is 11.5 Å². The average Bonchev–Trinajstić information content (AvgIpc) is 3.00. The first-order chi connectivity index (χ1) is 14.4. The number of sulfonamides is 1. The lowest BCUT2D eigenvalue weighted by atomic mass is 10.0. The van der Waals surface area contributed by atoms with Crippen LogP contribution in [0.2, 0.25) is 5.02 Å². The number of rotatable bonds is 4. The topological polar surface area (TPSA) is 84.9 Å². The van der Waals surface area contributed by atoms with Gasteiger partial charge >= 0.3 is 0 Å². The summed E-state index contributed by atoms with van der Waals surface area (Å²) in [6.45, 7) is 1.93. The van der Waals surface area contributed by atoms with Crippen LogP contribution in [-0.4, -0.2) is 51.6 Å². The maximum atomic E-state index is 13.0. The van der Waals surface area contributed by atoms with E-state index in [-0.39, 0.29) is 16.8 Å². The fourth-order valence-corrected chi connectivity index (χ4v) is 5.22. The maximum absolute atomic E-state index is 13.0. The Morgan fingerprint density at radius 2 is 1.77 bits per heavy atom. The van der Waals surface area contributed by atoms with Crippen molar-refractivity contribution in [1.29, 1.82) is 0 Å². The van der Waals surface area contributed by atoms with E-state index in [4.69, 9.17) is 21.1 Å². The number of ether oxygens (including phenoxy) is 2. The molecule has 0 aromatic heterocycles. The van der Waals surface area contributed by atoms with Gasteiger partial charge in [0.2, 0.25) is 10.0 Å². The number of hydrogen-bond acceptors (Lipinski definition) is 5. The van der Waals surface area contributed by atoms with E-state index in [1.54, 1.807) is 47.4 Å². The molecule has 2 aromatic rings. The van der Waals surface area contributed by atoms with Crippen LogP contribution in [0.4, 0.5) is 0 Å². The van der Waals surface area contributed by atoms with E-state index in [1.807, 2.05) is 0 Å². The van der Waals surface area contributed by atoms with Crippen LogP contribution in [-0.2, 0) is 10.0 Å². The van der Waals surface area contributed by atoms with E-state index >= 15 is 0 Å². The van der Waals surface area contributed by atoms with Gasteiger partial charge < -0.3 is 14.4 Å².